The number of alkyl halides is 1. The van der Waals surface area contributed by atoms with Gasteiger partial charge in [-0.15, -0.1) is 0 Å². The minimum atomic E-state index is -0.481. The molecule has 0 aromatic carbocycles. The van der Waals surface area contributed by atoms with Gasteiger partial charge in [-0.2, -0.15) is 5.10 Å². The maximum Gasteiger partial charge on any atom is 0.270 e. The van der Waals surface area contributed by atoms with E-state index < -0.39 is 6.67 Å². The Morgan fingerprint density at radius 2 is 2.26 bits per heavy atom. The Hall–Kier alpha value is -2.44. The average Bonchev–Trinajstić information content (AvgIpc) is 2.85. The number of amides is 1. The van der Waals surface area contributed by atoms with Crippen LogP contribution in [-0.2, 0) is 13.1 Å². The van der Waals surface area contributed by atoms with Crippen LogP contribution in [0.15, 0.2) is 30.7 Å². The summed E-state index contributed by atoms with van der Waals surface area (Å²) in [7, 11) is 0. The molecule has 2 N–H and O–H groups in total. The molecule has 0 unspecified atom stereocenters. The molecule has 0 bridgehead atoms. The van der Waals surface area contributed by atoms with Crippen molar-refractivity contribution in [1.29, 1.82) is 0 Å². The number of hydrogen-bond acceptors (Lipinski definition) is 4. The molecule has 1 amide bonds. The molecule has 2 rings (SSSR count). The van der Waals surface area contributed by atoms with E-state index in [1.807, 2.05) is 0 Å². The number of pyridine rings is 1. The number of halogens is 1. The zero-order valence-electron chi connectivity index (χ0n) is 10.1. The van der Waals surface area contributed by atoms with Gasteiger partial charge >= 0.3 is 0 Å². The Labute approximate surface area is 108 Å². The fourth-order valence-electron chi connectivity index (χ4n) is 1.50. The van der Waals surface area contributed by atoms with Gasteiger partial charge in [-0.3, -0.25) is 9.48 Å². The molecule has 0 radical (unpaired) electrons. The molecule has 100 valence electrons. The number of rotatable bonds is 5. The minimum absolute atomic E-state index is 0.00375. The highest BCUT2D eigenvalue weighted by Gasteiger charge is 2.07. The molecule has 7 heteroatoms. The van der Waals surface area contributed by atoms with Crippen molar-refractivity contribution in [2.24, 2.45) is 0 Å². The van der Waals surface area contributed by atoms with E-state index >= 15 is 0 Å². The largest absolute Gasteiger partial charge is 0.506 e. The van der Waals surface area contributed by atoms with Gasteiger partial charge in [0.25, 0.3) is 5.91 Å². The molecule has 2 heterocycles. The van der Waals surface area contributed by atoms with Gasteiger partial charge < -0.3 is 10.4 Å². The number of carbonyl (C=O) groups is 1. The number of carbonyl (C=O) groups excluding carboxylic acids is 1. The molecule has 0 saturated heterocycles. The van der Waals surface area contributed by atoms with Gasteiger partial charge in [-0.25, -0.2) is 9.37 Å². The topological polar surface area (TPSA) is 80.0 Å². The van der Waals surface area contributed by atoms with Crippen LogP contribution in [0, 0.1) is 0 Å². The first-order valence-corrected chi connectivity index (χ1v) is 5.69. The normalized spacial score (nSPS) is 10.4. The lowest BCUT2D eigenvalue weighted by molar-refractivity contribution is 0.0946. The monoisotopic (exact) mass is 264 g/mol. The highest BCUT2D eigenvalue weighted by Crippen LogP contribution is 2.06. The number of nitrogens with one attached hydrogen (secondary N) is 1. The Morgan fingerprint density at radius 3 is 2.95 bits per heavy atom. The van der Waals surface area contributed by atoms with Crippen molar-refractivity contribution < 1.29 is 14.3 Å². The number of nitrogens with zero attached hydrogens (tertiary/aromatic N) is 3. The maximum absolute atomic E-state index is 12.1. The molecule has 2 aromatic heterocycles. The van der Waals surface area contributed by atoms with Crippen LogP contribution in [0.2, 0.25) is 0 Å². The molecule has 0 saturated carbocycles. The van der Waals surface area contributed by atoms with E-state index in [-0.39, 0.29) is 30.4 Å². The molecule has 0 spiro atoms. The molecular weight excluding hydrogens is 251 g/mol. The summed E-state index contributed by atoms with van der Waals surface area (Å²) in [6.07, 6.45) is 4.44. The van der Waals surface area contributed by atoms with Gasteiger partial charge in [-0.05, 0) is 12.1 Å². The molecule has 19 heavy (non-hydrogen) atoms. The Bertz CT molecular complexity index is 553. The summed E-state index contributed by atoms with van der Waals surface area (Å²) >= 11 is 0. The molecule has 0 fully saturated rings. The van der Waals surface area contributed by atoms with Gasteiger partial charge in [0.15, 0.2) is 0 Å². The van der Waals surface area contributed by atoms with Crippen LogP contribution < -0.4 is 5.32 Å². The summed E-state index contributed by atoms with van der Waals surface area (Å²) in [6.45, 7) is 0.00600. The van der Waals surface area contributed by atoms with E-state index in [1.54, 1.807) is 12.4 Å². The molecule has 2 aromatic rings. The third-order valence-corrected chi connectivity index (χ3v) is 2.43. The van der Waals surface area contributed by atoms with Crippen LogP contribution in [0.1, 0.15) is 16.1 Å². The molecular formula is C12H13FN4O2. The van der Waals surface area contributed by atoms with Gasteiger partial charge in [0, 0.05) is 18.3 Å². The third kappa shape index (κ3) is 3.51. The predicted octanol–water partition coefficient (Wildman–Crippen LogP) is 0.883. The van der Waals surface area contributed by atoms with E-state index in [1.165, 1.54) is 23.0 Å². The Morgan fingerprint density at radius 1 is 1.42 bits per heavy atom. The van der Waals surface area contributed by atoms with E-state index in [0.717, 1.165) is 5.56 Å². The number of aromatic hydroxyl groups is 1. The fraction of sp³-hybridized carbons (Fsp3) is 0.250. The molecule has 0 aliphatic rings. The quantitative estimate of drug-likeness (QED) is 0.840. The van der Waals surface area contributed by atoms with E-state index in [2.05, 4.69) is 15.4 Å². The first kappa shape index (κ1) is 13.0. The van der Waals surface area contributed by atoms with Crippen LogP contribution in [0.5, 0.6) is 5.75 Å². The SMILES string of the molecule is O=C(NCc1cnn(CCF)c1)c1ccc(O)cn1. The van der Waals surface area contributed by atoms with E-state index in [4.69, 9.17) is 5.11 Å². The summed E-state index contributed by atoms with van der Waals surface area (Å²) < 4.78 is 13.6. The lowest BCUT2D eigenvalue weighted by atomic mass is 10.3. The zero-order valence-corrected chi connectivity index (χ0v) is 10.1. The van der Waals surface area contributed by atoms with Crippen molar-refractivity contribution in [3.63, 3.8) is 0 Å². The smallest absolute Gasteiger partial charge is 0.270 e. The van der Waals surface area contributed by atoms with Crippen molar-refractivity contribution in [1.82, 2.24) is 20.1 Å². The van der Waals surface area contributed by atoms with Crippen LogP contribution in [0.25, 0.3) is 0 Å². The van der Waals surface area contributed by atoms with Crippen LogP contribution in [0.4, 0.5) is 4.39 Å². The fourth-order valence-corrected chi connectivity index (χ4v) is 1.50. The summed E-state index contributed by atoms with van der Waals surface area (Å²) in [4.78, 5) is 15.5. The standard InChI is InChI=1S/C12H13FN4O2/c13-3-4-17-8-9(6-16-17)5-15-12(19)11-2-1-10(18)7-14-11/h1-2,6-8,18H,3-5H2,(H,15,19). The van der Waals surface area contributed by atoms with Gasteiger partial charge in [-0.1, -0.05) is 0 Å². The molecule has 0 aliphatic carbocycles. The molecule has 0 aliphatic heterocycles. The predicted molar refractivity (Wildman–Crippen MR) is 65.3 cm³/mol. The molecule has 0 atom stereocenters. The number of aryl methyl sites for hydroxylation is 1. The van der Waals surface area contributed by atoms with Gasteiger partial charge in [0.05, 0.1) is 18.9 Å². The maximum atomic E-state index is 12.1. The lowest BCUT2D eigenvalue weighted by Gasteiger charge is -2.02. The van der Waals surface area contributed by atoms with Gasteiger partial charge in [0.1, 0.15) is 18.1 Å². The van der Waals surface area contributed by atoms with E-state index in [0.29, 0.717) is 0 Å². The summed E-state index contributed by atoms with van der Waals surface area (Å²) in [5.74, 6) is -0.345. The van der Waals surface area contributed by atoms with Crippen molar-refractivity contribution in [3.05, 3.63) is 42.0 Å². The summed E-state index contributed by atoms with van der Waals surface area (Å²) in [5.41, 5.74) is 0.995. The van der Waals surface area contributed by atoms with Crippen LogP contribution in [0.3, 0.4) is 0 Å². The van der Waals surface area contributed by atoms with E-state index in [9.17, 15) is 9.18 Å². The summed E-state index contributed by atoms with van der Waals surface area (Å²) in [6, 6.07) is 2.82. The Kier molecular flexibility index (Phi) is 4.07. The lowest BCUT2D eigenvalue weighted by Crippen LogP contribution is -2.23. The van der Waals surface area contributed by atoms with Crippen LogP contribution in [-0.4, -0.2) is 32.5 Å². The second-order valence-electron chi connectivity index (χ2n) is 3.88. The number of hydrogen-bond donors (Lipinski definition) is 2. The van der Waals surface area contributed by atoms with Crippen molar-refractivity contribution in [2.45, 2.75) is 13.1 Å². The number of aromatic nitrogens is 3. The van der Waals surface area contributed by atoms with Crippen molar-refractivity contribution in [3.8, 4) is 5.75 Å². The Balaban J connectivity index is 1.90. The first-order chi connectivity index (χ1) is 9.19. The second kappa shape index (κ2) is 5.94. The van der Waals surface area contributed by atoms with Crippen LogP contribution >= 0.6 is 0 Å². The highest BCUT2D eigenvalue weighted by molar-refractivity contribution is 5.92. The average molecular weight is 264 g/mol. The second-order valence-corrected chi connectivity index (χ2v) is 3.88. The highest BCUT2D eigenvalue weighted by atomic mass is 19.1. The van der Waals surface area contributed by atoms with Crippen molar-refractivity contribution >= 4 is 5.91 Å². The first-order valence-electron chi connectivity index (χ1n) is 5.69. The minimum Gasteiger partial charge on any atom is -0.506 e. The van der Waals surface area contributed by atoms with Crippen molar-refractivity contribution in [2.75, 3.05) is 6.67 Å². The van der Waals surface area contributed by atoms with Gasteiger partial charge in [0.2, 0.25) is 0 Å². The third-order valence-electron chi connectivity index (χ3n) is 2.43. The summed E-state index contributed by atoms with van der Waals surface area (Å²) in [5, 5.41) is 15.7. The molecule has 6 nitrogen and oxygen atoms in total. The zero-order chi connectivity index (χ0) is 13.7.